The van der Waals surface area contributed by atoms with E-state index < -0.39 is 0 Å². The molecule has 0 saturated heterocycles. The summed E-state index contributed by atoms with van der Waals surface area (Å²) in [6.45, 7) is 1.12. The molecule has 0 saturated carbocycles. The van der Waals surface area contributed by atoms with E-state index in [9.17, 15) is 0 Å². The van der Waals surface area contributed by atoms with Gasteiger partial charge in [-0.15, -0.1) is 0 Å². The van der Waals surface area contributed by atoms with Crippen LogP contribution in [0, 0.1) is 5.41 Å². The standard InChI is InChI=1S/C11H15N6O2Se/c1-18-2-3-19-5-17-9(13)7(10(14)20)6-8(12)15-4-16-11(6)17/h4,14H,2-3,5,13H2,1H3,(H2,12,15,16). The van der Waals surface area contributed by atoms with Crippen molar-refractivity contribution < 1.29 is 9.47 Å². The Hall–Kier alpha value is -1.67. The molecule has 0 aromatic carbocycles. The Kier molecular flexibility index (Phi) is 4.56. The third-order valence-electron chi connectivity index (χ3n) is 2.79. The van der Waals surface area contributed by atoms with Crippen LogP contribution in [0.4, 0.5) is 11.6 Å². The molecule has 0 aliphatic carbocycles. The van der Waals surface area contributed by atoms with Crippen molar-refractivity contribution in [2.24, 2.45) is 0 Å². The zero-order valence-corrected chi connectivity index (χ0v) is 12.6. The van der Waals surface area contributed by atoms with E-state index in [0.717, 1.165) is 0 Å². The van der Waals surface area contributed by atoms with E-state index in [-0.39, 0.29) is 17.2 Å². The van der Waals surface area contributed by atoms with Crippen molar-refractivity contribution in [3.63, 3.8) is 0 Å². The molecule has 8 nitrogen and oxygen atoms in total. The number of hydrogen-bond acceptors (Lipinski definition) is 7. The van der Waals surface area contributed by atoms with Crippen molar-refractivity contribution in [3.05, 3.63) is 11.9 Å². The molecule has 2 aromatic rings. The quantitative estimate of drug-likeness (QED) is 0.376. The van der Waals surface area contributed by atoms with Crippen LogP contribution in [0.15, 0.2) is 6.33 Å². The van der Waals surface area contributed by atoms with E-state index in [1.807, 2.05) is 0 Å². The number of nitrogens with zero attached hydrogens (tertiary/aromatic N) is 3. The molecule has 0 unspecified atom stereocenters. The maximum absolute atomic E-state index is 7.79. The number of ether oxygens (including phenoxy) is 2. The third-order valence-corrected chi connectivity index (χ3v) is 3.22. The van der Waals surface area contributed by atoms with Crippen molar-refractivity contribution in [3.8, 4) is 0 Å². The zero-order chi connectivity index (χ0) is 14.7. The summed E-state index contributed by atoms with van der Waals surface area (Å²) in [5, 5.41) is 8.35. The van der Waals surface area contributed by atoms with E-state index in [1.54, 1.807) is 11.7 Å². The number of rotatable bonds is 6. The first-order chi connectivity index (χ1) is 9.57. The molecule has 107 valence electrons. The van der Waals surface area contributed by atoms with E-state index in [2.05, 4.69) is 26.0 Å². The molecule has 2 aromatic heterocycles. The monoisotopic (exact) mass is 343 g/mol. The molecule has 5 N–H and O–H groups in total. The fraction of sp³-hybridized carbons (Fsp3) is 0.364. The second kappa shape index (κ2) is 6.19. The minimum absolute atomic E-state index is 0.185. The van der Waals surface area contributed by atoms with Gasteiger partial charge in [0.1, 0.15) is 0 Å². The van der Waals surface area contributed by atoms with Crippen molar-refractivity contribution >= 4 is 43.3 Å². The molecule has 0 aliphatic rings. The molecule has 1 radical (unpaired) electrons. The van der Waals surface area contributed by atoms with Gasteiger partial charge in [0.2, 0.25) is 0 Å². The summed E-state index contributed by atoms with van der Waals surface area (Å²) in [6, 6.07) is 0. The Morgan fingerprint density at radius 2 is 2.15 bits per heavy atom. The first kappa shape index (κ1) is 14.7. The van der Waals surface area contributed by atoms with E-state index >= 15 is 0 Å². The van der Waals surface area contributed by atoms with Crippen LogP contribution < -0.4 is 11.5 Å². The summed E-state index contributed by atoms with van der Waals surface area (Å²) in [7, 11) is 1.60. The minimum atomic E-state index is 0.185. The summed E-state index contributed by atoms with van der Waals surface area (Å²) in [6.07, 6.45) is 1.36. The van der Waals surface area contributed by atoms with Gasteiger partial charge in [-0.05, 0) is 0 Å². The summed E-state index contributed by atoms with van der Waals surface area (Å²) in [5.74, 6) is 0.653. The molecule has 0 bridgehead atoms. The van der Waals surface area contributed by atoms with Crippen LogP contribution in [0.2, 0.25) is 0 Å². The first-order valence-corrected chi connectivity index (χ1v) is 6.64. The molecule has 2 heterocycles. The van der Waals surface area contributed by atoms with Crippen LogP contribution in [0.25, 0.3) is 11.0 Å². The van der Waals surface area contributed by atoms with Gasteiger partial charge in [0, 0.05) is 0 Å². The summed E-state index contributed by atoms with van der Waals surface area (Å²) in [5.41, 5.74) is 13.0. The van der Waals surface area contributed by atoms with Gasteiger partial charge in [-0.25, -0.2) is 0 Å². The molecule has 9 heteroatoms. The van der Waals surface area contributed by atoms with Crippen molar-refractivity contribution in [2.75, 3.05) is 31.8 Å². The number of hydrogen-bond donors (Lipinski definition) is 3. The van der Waals surface area contributed by atoms with Crippen molar-refractivity contribution in [1.29, 1.82) is 5.41 Å². The summed E-state index contributed by atoms with van der Waals surface area (Å²) >= 11 is 2.62. The van der Waals surface area contributed by atoms with Crippen LogP contribution in [-0.4, -0.2) is 55.5 Å². The average Bonchev–Trinajstić information content (AvgIpc) is 2.69. The number of anilines is 2. The topological polar surface area (TPSA) is 125 Å². The van der Waals surface area contributed by atoms with E-state index in [0.29, 0.717) is 35.6 Å². The van der Waals surface area contributed by atoms with Gasteiger partial charge in [0.05, 0.1) is 0 Å². The SMILES string of the molecule is COCCOCn1c(N)c(C(=N)[Se])c2c(N)ncnc21. The predicted octanol–water partition coefficient (Wildman–Crippen LogP) is -0.290. The average molecular weight is 342 g/mol. The molecule has 0 amide bonds. The molecular weight excluding hydrogens is 327 g/mol. The van der Waals surface area contributed by atoms with Gasteiger partial charge < -0.3 is 0 Å². The van der Waals surface area contributed by atoms with E-state index in [4.69, 9.17) is 26.4 Å². The zero-order valence-electron chi connectivity index (χ0n) is 10.9. The molecule has 0 aliphatic heterocycles. The molecular formula is C11H15N6O2Se. The fourth-order valence-electron chi connectivity index (χ4n) is 1.87. The molecule has 0 atom stereocenters. The summed E-state index contributed by atoms with van der Waals surface area (Å²) in [4.78, 5) is 8.12. The fourth-order valence-corrected chi connectivity index (χ4v) is 2.30. The molecule has 20 heavy (non-hydrogen) atoms. The Morgan fingerprint density at radius 1 is 1.40 bits per heavy atom. The Labute approximate surface area is 123 Å². The Morgan fingerprint density at radius 3 is 2.80 bits per heavy atom. The Bertz CT molecular complexity index is 641. The number of fused-ring (bicyclic) bond motifs is 1. The number of nitrogens with one attached hydrogen (secondary N) is 1. The van der Waals surface area contributed by atoms with Gasteiger partial charge in [-0.1, -0.05) is 0 Å². The number of methoxy groups -OCH3 is 1. The molecule has 0 spiro atoms. The van der Waals surface area contributed by atoms with Crippen LogP contribution in [-0.2, 0) is 16.2 Å². The van der Waals surface area contributed by atoms with Crippen molar-refractivity contribution in [2.45, 2.75) is 6.73 Å². The number of nitrogen functional groups attached to an aromatic ring is 2. The first-order valence-electron chi connectivity index (χ1n) is 5.78. The van der Waals surface area contributed by atoms with Crippen LogP contribution in [0.3, 0.4) is 0 Å². The molecule has 2 rings (SSSR count). The Balaban J connectivity index is 2.46. The van der Waals surface area contributed by atoms with Crippen molar-refractivity contribution in [1.82, 2.24) is 14.5 Å². The van der Waals surface area contributed by atoms with Gasteiger partial charge in [0.15, 0.2) is 0 Å². The van der Waals surface area contributed by atoms with Crippen LogP contribution in [0.5, 0.6) is 0 Å². The van der Waals surface area contributed by atoms with E-state index in [1.165, 1.54) is 6.33 Å². The molecule has 0 fully saturated rings. The number of nitrogens with two attached hydrogens (primary N) is 2. The maximum atomic E-state index is 7.79. The van der Waals surface area contributed by atoms with Gasteiger partial charge in [-0.2, -0.15) is 0 Å². The van der Waals surface area contributed by atoms with Gasteiger partial charge in [0.25, 0.3) is 0 Å². The number of aromatic nitrogens is 3. The normalized spacial score (nSPS) is 11.1. The second-order valence-electron chi connectivity index (χ2n) is 4.01. The van der Waals surface area contributed by atoms with Gasteiger partial charge >= 0.3 is 123 Å². The second-order valence-corrected chi connectivity index (χ2v) is 4.86. The predicted molar refractivity (Wildman–Crippen MR) is 76.8 cm³/mol. The van der Waals surface area contributed by atoms with Crippen LogP contribution in [0.1, 0.15) is 5.56 Å². The summed E-state index contributed by atoms with van der Waals surface area (Å²) < 4.78 is 12.2. The van der Waals surface area contributed by atoms with Gasteiger partial charge in [-0.3, -0.25) is 0 Å². The third kappa shape index (κ3) is 2.61. The van der Waals surface area contributed by atoms with Crippen LogP contribution >= 0.6 is 0 Å².